The number of hydrogen-bond donors (Lipinski definition) is 6. The predicted octanol–water partition coefficient (Wildman–Crippen LogP) is 5.67. The SMILES string of the molecule is COc1ccc(C2CC(c3cc(CO)c(CO)c(CO)c3)=NO2)cc1OCCCCCOc1ccc(C2NC(=O)c3cc(Cl)ccc3N2)cc1CO. The number of ether oxygens (including phenoxy) is 3. The summed E-state index contributed by atoms with van der Waals surface area (Å²) in [5.74, 6) is 1.55. The second-order valence-corrected chi connectivity index (χ2v) is 13.0. The van der Waals surface area contributed by atoms with E-state index < -0.39 is 6.17 Å². The van der Waals surface area contributed by atoms with Gasteiger partial charge in [0.05, 0.1) is 58.0 Å². The Hall–Kier alpha value is -4.85. The first-order valence-corrected chi connectivity index (χ1v) is 17.5. The fraction of sp³-hybridized carbons (Fsp3) is 0.333. The number of rotatable bonds is 16. The van der Waals surface area contributed by atoms with Crippen LogP contribution < -0.4 is 24.8 Å². The lowest BCUT2D eigenvalue weighted by Crippen LogP contribution is -2.38. The number of carbonyl (C=O) groups is 1. The molecule has 13 heteroatoms. The Labute approximate surface area is 306 Å². The molecule has 2 atom stereocenters. The zero-order valence-corrected chi connectivity index (χ0v) is 29.5. The summed E-state index contributed by atoms with van der Waals surface area (Å²) in [5.41, 5.74) is 6.42. The summed E-state index contributed by atoms with van der Waals surface area (Å²) < 4.78 is 17.7. The van der Waals surface area contributed by atoms with Crippen molar-refractivity contribution in [2.75, 3.05) is 25.6 Å². The van der Waals surface area contributed by atoms with Gasteiger partial charge in [0, 0.05) is 28.3 Å². The first kappa shape index (κ1) is 36.9. The molecule has 0 saturated carbocycles. The number of nitrogens with zero attached hydrogens (tertiary/aromatic N) is 1. The van der Waals surface area contributed by atoms with Crippen LogP contribution in [-0.2, 0) is 31.3 Å². The van der Waals surface area contributed by atoms with Crippen LogP contribution in [0.25, 0.3) is 0 Å². The highest BCUT2D eigenvalue weighted by atomic mass is 35.5. The van der Waals surface area contributed by atoms with E-state index in [0.29, 0.717) is 81.1 Å². The van der Waals surface area contributed by atoms with Gasteiger partial charge in [0.2, 0.25) is 0 Å². The van der Waals surface area contributed by atoms with Gasteiger partial charge < -0.3 is 50.1 Å². The summed E-state index contributed by atoms with van der Waals surface area (Å²) in [6, 6.07) is 19.8. The molecular weight excluding hydrogens is 690 g/mol. The van der Waals surface area contributed by atoms with Gasteiger partial charge in [-0.3, -0.25) is 4.79 Å². The van der Waals surface area contributed by atoms with Crippen molar-refractivity contribution >= 4 is 28.9 Å². The highest BCUT2D eigenvalue weighted by Crippen LogP contribution is 2.37. The van der Waals surface area contributed by atoms with Gasteiger partial charge in [-0.25, -0.2) is 0 Å². The number of anilines is 1. The van der Waals surface area contributed by atoms with Crippen LogP contribution in [0.4, 0.5) is 5.69 Å². The topological polar surface area (TPSA) is 171 Å². The molecule has 0 fully saturated rings. The third kappa shape index (κ3) is 8.27. The van der Waals surface area contributed by atoms with Crippen molar-refractivity contribution in [3.05, 3.63) is 116 Å². The minimum Gasteiger partial charge on any atom is -0.493 e. The van der Waals surface area contributed by atoms with Gasteiger partial charge in [-0.15, -0.1) is 0 Å². The second kappa shape index (κ2) is 17.1. The normalized spacial score (nSPS) is 16.3. The summed E-state index contributed by atoms with van der Waals surface area (Å²) in [6.07, 6.45) is 2.05. The lowest BCUT2D eigenvalue weighted by molar-refractivity contribution is 0.0854. The van der Waals surface area contributed by atoms with Crippen LogP contribution in [0.3, 0.4) is 0 Å². The molecule has 2 unspecified atom stereocenters. The first-order valence-electron chi connectivity index (χ1n) is 17.1. The van der Waals surface area contributed by atoms with Gasteiger partial charge >= 0.3 is 0 Å². The quantitative estimate of drug-likeness (QED) is 0.0790. The molecule has 12 nitrogen and oxygen atoms in total. The van der Waals surface area contributed by atoms with E-state index in [0.717, 1.165) is 36.0 Å². The molecule has 4 aromatic rings. The molecule has 2 aliphatic heterocycles. The molecule has 0 aliphatic carbocycles. The fourth-order valence-corrected chi connectivity index (χ4v) is 6.54. The maximum atomic E-state index is 12.7. The molecule has 0 bridgehead atoms. The molecule has 6 rings (SSSR count). The Balaban J connectivity index is 0.976. The predicted molar refractivity (Wildman–Crippen MR) is 195 cm³/mol. The fourth-order valence-electron chi connectivity index (χ4n) is 6.37. The molecule has 274 valence electrons. The summed E-state index contributed by atoms with van der Waals surface area (Å²) in [5, 5.41) is 50.4. The van der Waals surface area contributed by atoms with Crippen molar-refractivity contribution < 1.29 is 44.3 Å². The molecule has 4 aromatic carbocycles. The average molecular weight is 732 g/mol. The van der Waals surface area contributed by atoms with E-state index in [1.165, 1.54) is 0 Å². The summed E-state index contributed by atoms with van der Waals surface area (Å²) in [4.78, 5) is 18.4. The van der Waals surface area contributed by atoms with Crippen molar-refractivity contribution in [3.8, 4) is 17.2 Å². The number of halogens is 1. The maximum Gasteiger partial charge on any atom is 0.255 e. The largest absolute Gasteiger partial charge is 0.493 e. The standard InChI is InChI=1S/C39H42ClN3O9/c1-49-35-10-5-23(36-18-33(43-52-36)25-14-26(19-44)31(22-47)27(15-25)20-45)16-37(35)51-12-4-2-3-11-50-34-9-6-24(13-28(34)21-46)38-41-32-8-7-29(40)17-30(32)39(48)42-38/h5-10,13-17,36,38,41,44-47H,2-4,11-12,18-22H2,1H3,(H,42,48). The third-order valence-electron chi connectivity index (χ3n) is 9.19. The molecule has 0 spiro atoms. The lowest BCUT2D eigenvalue weighted by Gasteiger charge is -2.28. The highest BCUT2D eigenvalue weighted by Gasteiger charge is 2.27. The van der Waals surface area contributed by atoms with E-state index >= 15 is 0 Å². The number of fused-ring (bicyclic) bond motifs is 1. The number of amides is 1. The van der Waals surface area contributed by atoms with Crippen LogP contribution >= 0.6 is 11.6 Å². The third-order valence-corrected chi connectivity index (χ3v) is 9.42. The minimum absolute atomic E-state index is 0.211. The summed E-state index contributed by atoms with van der Waals surface area (Å²) in [6.45, 7) is -0.110. The van der Waals surface area contributed by atoms with Gasteiger partial charge in [-0.1, -0.05) is 28.9 Å². The minimum atomic E-state index is -0.464. The maximum absolute atomic E-state index is 12.7. The average Bonchev–Trinajstić information content (AvgIpc) is 3.67. The summed E-state index contributed by atoms with van der Waals surface area (Å²) in [7, 11) is 1.59. The Morgan fingerprint density at radius 1 is 0.769 bits per heavy atom. The van der Waals surface area contributed by atoms with Gasteiger partial charge in [-0.05, 0) is 102 Å². The van der Waals surface area contributed by atoms with E-state index in [1.807, 2.05) is 36.4 Å². The van der Waals surface area contributed by atoms with Crippen LogP contribution in [0.5, 0.6) is 17.2 Å². The smallest absolute Gasteiger partial charge is 0.255 e. The number of aliphatic hydroxyl groups excluding tert-OH is 4. The van der Waals surface area contributed by atoms with E-state index in [2.05, 4.69) is 15.8 Å². The number of aliphatic hydroxyl groups is 4. The zero-order chi connectivity index (χ0) is 36.6. The zero-order valence-electron chi connectivity index (χ0n) is 28.7. The number of methoxy groups -OCH3 is 1. The van der Waals surface area contributed by atoms with Crippen LogP contribution in [-0.4, -0.2) is 52.4 Å². The number of carbonyl (C=O) groups excluding carboxylic acids is 1. The van der Waals surface area contributed by atoms with Gasteiger partial charge in [0.25, 0.3) is 5.91 Å². The number of nitrogens with one attached hydrogen (secondary N) is 2. The Bertz CT molecular complexity index is 1910. The van der Waals surface area contributed by atoms with Gasteiger partial charge in [-0.2, -0.15) is 0 Å². The van der Waals surface area contributed by atoms with Gasteiger partial charge in [0.1, 0.15) is 11.9 Å². The first-order chi connectivity index (χ1) is 25.3. The van der Waals surface area contributed by atoms with Crippen molar-refractivity contribution in [1.29, 1.82) is 0 Å². The van der Waals surface area contributed by atoms with Crippen molar-refractivity contribution in [2.24, 2.45) is 5.16 Å². The lowest BCUT2D eigenvalue weighted by atomic mass is 9.94. The Kier molecular flexibility index (Phi) is 12.2. The molecule has 0 aromatic heterocycles. The van der Waals surface area contributed by atoms with Crippen molar-refractivity contribution in [2.45, 2.75) is 64.4 Å². The van der Waals surface area contributed by atoms with Crippen molar-refractivity contribution in [1.82, 2.24) is 5.32 Å². The van der Waals surface area contributed by atoms with Gasteiger partial charge in [0.15, 0.2) is 17.6 Å². The van der Waals surface area contributed by atoms with E-state index in [4.69, 9.17) is 30.6 Å². The van der Waals surface area contributed by atoms with E-state index in [-0.39, 0.29) is 38.4 Å². The van der Waals surface area contributed by atoms with E-state index in [9.17, 15) is 25.2 Å². The molecule has 2 heterocycles. The molecule has 0 saturated heterocycles. The number of unbranched alkanes of at least 4 members (excludes halogenated alkanes) is 2. The van der Waals surface area contributed by atoms with Crippen LogP contribution in [0, 0.1) is 0 Å². The molecule has 2 aliphatic rings. The number of benzene rings is 4. The Morgan fingerprint density at radius 2 is 1.46 bits per heavy atom. The number of oxime groups is 1. The van der Waals surface area contributed by atoms with E-state index in [1.54, 1.807) is 37.4 Å². The highest BCUT2D eigenvalue weighted by molar-refractivity contribution is 6.31. The molecule has 1 amide bonds. The number of hydrogen-bond acceptors (Lipinski definition) is 11. The van der Waals surface area contributed by atoms with Crippen molar-refractivity contribution in [3.63, 3.8) is 0 Å². The molecule has 6 N–H and O–H groups in total. The van der Waals surface area contributed by atoms with Crippen LogP contribution in [0.1, 0.15) is 87.3 Å². The second-order valence-electron chi connectivity index (χ2n) is 12.5. The summed E-state index contributed by atoms with van der Waals surface area (Å²) >= 11 is 6.05. The molecular formula is C39H42ClN3O9. The van der Waals surface area contributed by atoms with Crippen LogP contribution in [0.2, 0.25) is 5.02 Å². The Morgan fingerprint density at radius 3 is 2.15 bits per heavy atom. The molecule has 52 heavy (non-hydrogen) atoms. The van der Waals surface area contributed by atoms with Crippen LogP contribution in [0.15, 0.2) is 71.9 Å². The molecule has 0 radical (unpaired) electrons. The monoisotopic (exact) mass is 731 g/mol.